The van der Waals surface area contributed by atoms with Crippen molar-refractivity contribution in [2.75, 3.05) is 14.1 Å². The van der Waals surface area contributed by atoms with E-state index in [2.05, 4.69) is 9.97 Å². The smallest absolute Gasteiger partial charge is 0.287 e. The van der Waals surface area contributed by atoms with E-state index in [0.717, 1.165) is 14.5 Å². The predicted octanol–water partition coefficient (Wildman–Crippen LogP) is 4.22. The Morgan fingerprint density at radius 1 is 1.12 bits per heavy atom. The number of carbonyl (C=O) groups is 1. The van der Waals surface area contributed by atoms with Gasteiger partial charge in [0.1, 0.15) is 5.82 Å². The Labute approximate surface area is 192 Å². The maximum absolute atomic E-state index is 15.2. The van der Waals surface area contributed by atoms with Gasteiger partial charge in [-0.3, -0.25) is 9.78 Å². The fourth-order valence-electron chi connectivity index (χ4n) is 3.19. The van der Waals surface area contributed by atoms with Gasteiger partial charge in [-0.1, -0.05) is 45.0 Å². The number of nitrogens with zero attached hydrogens (tertiary/aromatic N) is 4. The third-order valence-electron chi connectivity index (χ3n) is 4.82. The highest BCUT2D eigenvalue weighted by atomic mass is 32.2. The van der Waals surface area contributed by atoms with Crippen LogP contribution in [-0.2, 0) is 16.6 Å². The second kappa shape index (κ2) is 9.11. The molecule has 0 saturated heterocycles. The molecular weight excluding hydrogens is 450 g/mol. The molecule has 1 atom stereocenters. The topological polar surface area (TPSA) is 85.2 Å². The van der Waals surface area contributed by atoms with Crippen LogP contribution in [0.3, 0.4) is 0 Å². The molecule has 3 rings (SSSR count). The van der Waals surface area contributed by atoms with E-state index in [1.165, 1.54) is 44.6 Å². The number of hydrogen-bond donors (Lipinski definition) is 0. The minimum atomic E-state index is -4.09. The summed E-state index contributed by atoms with van der Waals surface area (Å²) in [7, 11) is -1.45. The summed E-state index contributed by atoms with van der Waals surface area (Å²) >= 11 is 0. The summed E-state index contributed by atoms with van der Waals surface area (Å²) in [4.78, 5) is 21.2. The van der Waals surface area contributed by atoms with Gasteiger partial charge in [0.15, 0.2) is 12.0 Å². The van der Waals surface area contributed by atoms with E-state index < -0.39 is 33.8 Å². The lowest BCUT2D eigenvalue weighted by Gasteiger charge is -2.16. The number of imidazole rings is 1. The van der Waals surface area contributed by atoms with Gasteiger partial charge in [-0.15, -0.1) is 0 Å². The van der Waals surface area contributed by atoms with Crippen molar-refractivity contribution in [1.82, 2.24) is 18.2 Å². The van der Waals surface area contributed by atoms with Crippen LogP contribution in [0.25, 0.3) is 11.3 Å². The molecule has 176 valence electrons. The molecule has 10 heteroatoms. The highest BCUT2D eigenvalue weighted by Gasteiger charge is 2.32. The minimum absolute atomic E-state index is 0.0417. The van der Waals surface area contributed by atoms with Gasteiger partial charge >= 0.3 is 10.2 Å². The Kier molecular flexibility index (Phi) is 6.80. The van der Waals surface area contributed by atoms with Crippen molar-refractivity contribution in [3.63, 3.8) is 0 Å². The first-order chi connectivity index (χ1) is 15.3. The molecule has 0 N–H and O–H groups in total. The van der Waals surface area contributed by atoms with Crippen LogP contribution in [0, 0.1) is 11.2 Å². The van der Waals surface area contributed by atoms with E-state index in [0.29, 0.717) is 23.4 Å². The molecular formula is C23H26F2N4O3S. The molecule has 33 heavy (non-hydrogen) atoms. The van der Waals surface area contributed by atoms with Crippen molar-refractivity contribution in [2.24, 2.45) is 5.41 Å². The number of Topliss-reactive ketones (excluding diaryl/α,β-unsaturated/α-hetero) is 1. The van der Waals surface area contributed by atoms with Crippen LogP contribution >= 0.6 is 0 Å². The number of pyridine rings is 1. The van der Waals surface area contributed by atoms with Gasteiger partial charge in [-0.25, -0.2) is 17.7 Å². The first-order valence-electron chi connectivity index (χ1n) is 10.2. The Hall–Kier alpha value is -2.98. The van der Waals surface area contributed by atoms with Crippen LogP contribution in [0.2, 0.25) is 0 Å². The Balaban J connectivity index is 1.95. The highest BCUT2D eigenvalue weighted by molar-refractivity contribution is 7.87. The number of benzene rings is 1. The van der Waals surface area contributed by atoms with Gasteiger partial charge in [0, 0.05) is 25.9 Å². The molecule has 0 aliphatic heterocycles. The Bertz CT molecular complexity index is 1250. The van der Waals surface area contributed by atoms with Crippen molar-refractivity contribution in [2.45, 2.75) is 33.4 Å². The van der Waals surface area contributed by atoms with Crippen molar-refractivity contribution in [3.8, 4) is 11.3 Å². The van der Waals surface area contributed by atoms with E-state index in [4.69, 9.17) is 0 Å². The summed E-state index contributed by atoms with van der Waals surface area (Å²) in [6.07, 6.45) is 0.620. The maximum Gasteiger partial charge on any atom is 0.308 e. The zero-order valence-corrected chi connectivity index (χ0v) is 19.9. The molecule has 2 aromatic heterocycles. The molecule has 3 aromatic rings. The van der Waals surface area contributed by atoms with Gasteiger partial charge in [0.05, 0.1) is 17.6 Å². The van der Waals surface area contributed by atoms with Gasteiger partial charge in [0.25, 0.3) is 0 Å². The van der Waals surface area contributed by atoms with Crippen LogP contribution < -0.4 is 0 Å². The standard InChI is InChI=1S/C23H26F2N4O3S/c1-23(2,3)12-18-14-29(33(31,32)28(4)5)22(27-18)21(30)20(25)16-8-6-15(7-9-16)19-11-10-17(24)13-26-19/h6-11,13-14,20H,12H2,1-5H3. The molecule has 0 aliphatic rings. The molecule has 0 bridgehead atoms. The number of carbonyl (C=O) groups excluding carboxylic acids is 1. The van der Waals surface area contributed by atoms with Crippen LogP contribution in [-0.4, -0.2) is 46.5 Å². The van der Waals surface area contributed by atoms with Gasteiger partial charge in [-0.05, 0) is 29.5 Å². The van der Waals surface area contributed by atoms with E-state index in [-0.39, 0.29) is 11.0 Å². The lowest BCUT2D eigenvalue weighted by Crippen LogP contribution is -2.31. The van der Waals surface area contributed by atoms with Crippen LogP contribution in [0.15, 0.2) is 48.8 Å². The van der Waals surface area contributed by atoms with E-state index in [1.807, 2.05) is 20.8 Å². The predicted molar refractivity (Wildman–Crippen MR) is 121 cm³/mol. The lowest BCUT2D eigenvalue weighted by molar-refractivity contribution is 0.0865. The molecule has 2 heterocycles. The number of alkyl halides is 1. The summed E-state index contributed by atoms with van der Waals surface area (Å²) in [5, 5.41) is 0. The fourth-order valence-corrected chi connectivity index (χ4v) is 4.14. The monoisotopic (exact) mass is 476 g/mol. The van der Waals surface area contributed by atoms with Gasteiger partial charge < -0.3 is 0 Å². The fraction of sp³-hybridized carbons (Fsp3) is 0.348. The third kappa shape index (κ3) is 5.51. The van der Waals surface area contributed by atoms with Crippen molar-refractivity contribution >= 4 is 16.0 Å². The highest BCUT2D eigenvalue weighted by Crippen LogP contribution is 2.27. The molecule has 0 amide bonds. The molecule has 0 saturated carbocycles. The molecule has 0 radical (unpaired) electrons. The van der Waals surface area contributed by atoms with Crippen LogP contribution in [0.5, 0.6) is 0 Å². The average molecular weight is 477 g/mol. The first-order valence-corrected chi connectivity index (χ1v) is 11.6. The number of aromatic nitrogens is 3. The largest absolute Gasteiger partial charge is 0.308 e. The van der Waals surface area contributed by atoms with Crippen LogP contribution in [0.4, 0.5) is 8.78 Å². The molecule has 1 aromatic carbocycles. The third-order valence-corrected chi connectivity index (χ3v) is 6.52. The zero-order valence-electron chi connectivity index (χ0n) is 19.1. The second-order valence-electron chi connectivity index (χ2n) is 9.09. The van der Waals surface area contributed by atoms with Crippen molar-refractivity contribution in [1.29, 1.82) is 0 Å². The number of ketones is 1. The van der Waals surface area contributed by atoms with Crippen LogP contribution in [0.1, 0.15) is 48.8 Å². The number of hydrogen-bond acceptors (Lipinski definition) is 5. The number of halogens is 2. The van der Waals surface area contributed by atoms with E-state index in [9.17, 15) is 17.6 Å². The summed E-state index contributed by atoms with van der Waals surface area (Å²) in [5.41, 5.74) is 1.30. The van der Waals surface area contributed by atoms with E-state index in [1.54, 1.807) is 12.1 Å². The normalized spacial score (nSPS) is 13.3. The number of rotatable bonds is 7. The van der Waals surface area contributed by atoms with Crippen molar-refractivity contribution < 1.29 is 22.0 Å². The summed E-state index contributed by atoms with van der Waals surface area (Å²) in [5.74, 6) is -2.02. The average Bonchev–Trinajstić information content (AvgIpc) is 3.16. The zero-order chi connectivity index (χ0) is 24.6. The quantitative estimate of drug-likeness (QED) is 0.477. The molecule has 0 aliphatic carbocycles. The molecule has 0 fully saturated rings. The SMILES string of the molecule is CN(C)S(=O)(=O)n1cc(CC(C)(C)C)nc1C(=O)C(F)c1ccc(-c2ccc(F)cn2)cc1. The Morgan fingerprint density at radius 2 is 1.76 bits per heavy atom. The lowest BCUT2D eigenvalue weighted by atomic mass is 9.91. The minimum Gasteiger partial charge on any atom is -0.287 e. The van der Waals surface area contributed by atoms with E-state index >= 15 is 4.39 Å². The van der Waals surface area contributed by atoms with Crippen molar-refractivity contribution in [3.05, 3.63) is 71.7 Å². The summed E-state index contributed by atoms with van der Waals surface area (Å²) in [6.45, 7) is 5.84. The summed E-state index contributed by atoms with van der Waals surface area (Å²) in [6, 6.07) is 8.69. The first kappa shape index (κ1) is 24.7. The van der Waals surface area contributed by atoms with Gasteiger partial charge in [0.2, 0.25) is 5.78 Å². The second-order valence-corrected chi connectivity index (χ2v) is 11.1. The maximum atomic E-state index is 15.2. The molecule has 7 nitrogen and oxygen atoms in total. The summed E-state index contributed by atoms with van der Waals surface area (Å²) < 4.78 is 55.5. The molecule has 1 unspecified atom stereocenters. The molecule has 0 spiro atoms. The van der Waals surface area contributed by atoms with Gasteiger partial charge in [-0.2, -0.15) is 12.7 Å². The Morgan fingerprint density at radius 3 is 2.27 bits per heavy atom.